The maximum atomic E-state index is 11.7. The van der Waals surface area contributed by atoms with Crippen LogP contribution in [0.15, 0.2) is 0 Å². The van der Waals surface area contributed by atoms with Crippen molar-refractivity contribution in [2.24, 2.45) is 17.8 Å². The van der Waals surface area contributed by atoms with Gasteiger partial charge in [-0.15, -0.1) is 0 Å². The number of carbonyl (C=O) groups is 2. The fourth-order valence-corrected chi connectivity index (χ4v) is 1.75. The highest BCUT2D eigenvalue weighted by molar-refractivity contribution is 5.99. The maximum Gasteiger partial charge on any atom is 0.143 e. The van der Waals surface area contributed by atoms with E-state index in [0.717, 1.165) is 12.8 Å². The fourth-order valence-electron chi connectivity index (χ4n) is 1.75. The highest BCUT2D eigenvalue weighted by atomic mass is 16.1. The van der Waals surface area contributed by atoms with Crippen molar-refractivity contribution in [3.05, 3.63) is 0 Å². The number of carbonyl (C=O) groups excluding carboxylic acids is 2. The predicted molar refractivity (Wildman–Crippen MR) is 67.3 cm³/mol. The highest BCUT2D eigenvalue weighted by Crippen LogP contribution is 2.15. The summed E-state index contributed by atoms with van der Waals surface area (Å²) in [4.78, 5) is 23.2. The second-order valence-electron chi connectivity index (χ2n) is 5.64. The zero-order chi connectivity index (χ0) is 12.7. The van der Waals surface area contributed by atoms with Crippen molar-refractivity contribution in [2.45, 2.75) is 60.3 Å². The van der Waals surface area contributed by atoms with Gasteiger partial charge in [0.25, 0.3) is 0 Å². The van der Waals surface area contributed by atoms with Gasteiger partial charge < -0.3 is 0 Å². The van der Waals surface area contributed by atoms with Crippen LogP contribution in [0.1, 0.15) is 60.3 Å². The molecule has 2 nitrogen and oxygen atoms in total. The van der Waals surface area contributed by atoms with Crippen LogP contribution in [-0.4, -0.2) is 11.6 Å². The third-order valence-corrected chi connectivity index (χ3v) is 2.75. The molecule has 0 rings (SSSR count). The third kappa shape index (κ3) is 7.61. The third-order valence-electron chi connectivity index (χ3n) is 2.75. The Morgan fingerprint density at radius 2 is 1.50 bits per heavy atom. The average molecular weight is 226 g/mol. The van der Waals surface area contributed by atoms with Crippen molar-refractivity contribution in [2.75, 3.05) is 0 Å². The molecular weight excluding hydrogens is 200 g/mol. The lowest BCUT2D eigenvalue weighted by atomic mass is 9.91. The van der Waals surface area contributed by atoms with Gasteiger partial charge in [0.2, 0.25) is 0 Å². The topological polar surface area (TPSA) is 34.1 Å². The average Bonchev–Trinajstić information content (AvgIpc) is 2.13. The molecule has 0 aliphatic carbocycles. The Hall–Kier alpha value is -0.660. The smallest absolute Gasteiger partial charge is 0.143 e. The molecule has 0 aliphatic rings. The van der Waals surface area contributed by atoms with E-state index < -0.39 is 0 Å². The van der Waals surface area contributed by atoms with E-state index in [1.165, 1.54) is 0 Å². The Balaban J connectivity index is 3.90. The van der Waals surface area contributed by atoms with Gasteiger partial charge in [-0.25, -0.2) is 0 Å². The molecule has 1 unspecified atom stereocenters. The number of hydrogen-bond acceptors (Lipinski definition) is 2. The fraction of sp³-hybridized carbons (Fsp3) is 0.857. The summed E-state index contributed by atoms with van der Waals surface area (Å²) in [6.45, 7) is 10.3. The van der Waals surface area contributed by atoms with E-state index in [-0.39, 0.29) is 23.9 Å². The van der Waals surface area contributed by atoms with Gasteiger partial charge >= 0.3 is 0 Å². The first-order valence-corrected chi connectivity index (χ1v) is 6.37. The summed E-state index contributed by atoms with van der Waals surface area (Å²) in [7, 11) is 0. The molecule has 0 aromatic rings. The highest BCUT2D eigenvalue weighted by Gasteiger charge is 2.17. The van der Waals surface area contributed by atoms with Crippen LogP contribution in [0.25, 0.3) is 0 Å². The largest absolute Gasteiger partial charge is 0.299 e. The molecule has 0 saturated heterocycles. The molecule has 0 saturated carbocycles. The standard InChI is InChI=1S/C14H26O2/c1-10(2)6-7-13(15)9-14(16)12(5)8-11(3)4/h10-12H,6-9H2,1-5H3. The SMILES string of the molecule is CC(C)CCC(=O)CC(=O)C(C)CC(C)C. The second-order valence-corrected chi connectivity index (χ2v) is 5.64. The number of ketones is 2. The predicted octanol–water partition coefficient (Wildman–Crippen LogP) is 3.63. The summed E-state index contributed by atoms with van der Waals surface area (Å²) in [6.07, 6.45) is 2.47. The van der Waals surface area contributed by atoms with Gasteiger partial charge in [-0.2, -0.15) is 0 Å². The van der Waals surface area contributed by atoms with Crippen LogP contribution in [0.5, 0.6) is 0 Å². The molecule has 0 heterocycles. The molecular formula is C14H26O2. The monoisotopic (exact) mass is 226 g/mol. The molecule has 16 heavy (non-hydrogen) atoms. The Kier molecular flexibility index (Phi) is 7.27. The Labute approximate surface area is 99.8 Å². The molecule has 1 atom stereocenters. The minimum absolute atomic E-state index is 0.0306. The minimum atomic E-state index is 0.0306. The van der Waals surface area contributed by atoms with Crippen LogP contribution in [0.3, 0.4) is 0 Å². The first-order chi connectivity index (χ1) is 7.32. The lowest BCUT2D eigenvalue weighted by Gasteiger charge is -2.12. The molecule has 0 spiro atoms. The molecule has 0 bridgehead atoms. The van der Waals surface area contributed by atoms with E-state index in [1.54, 1.807) is 0 Å². The number of rotatable bonds is 8. The zero-order valence-corrected chi connectivity index (χ0v) is 11.4. The first-order valence-electron chi connectivity index (χ1n) is 6.37. The molecule has 94 valence electrons. The molecule has 0 aromatic heterocycles. The quantitative estimate of drug-likeness (QED) is 0.592. The van der Waals surface area contributed by atoms with E-state index in [1.807, 2.05) is 6.92 Å². The summed E-state index contributed by atoms with van der Waals surface area (Å²) in [5.74, 6) is 1.30. The summed E-state index contributed by atoms with van der Waals surface area (Å²) in [5, 5.41) is 0. The van der Waals surface area contributed by atoms with Gasteiger partial charge in [-0.1, -0.05) is 34.6 Å². The van der Waals surface area contributed by atoms with E-state index in [0.29, 0.717) is 18.3 Å². The van der Waals surface area contributed by atoms with Crippen LogP contribution in [-0.2, 0) is 9.59 Å². The molecule has 0 N–H and O–H groups in total. The van der Waals surface area contributed by atoms with Crippen molar-refractivity contribution in [1.82, 2.24) is 0 Å². The summed E-state index contributed by atoms with van der Waals surface area (Å²) < 4.78 is 0. The van der Waals surface area contributed by atoms with E-state index in [2.05, 4.69) is 27.7 Å². The van der Waals surface area contributed by atoms with Crippen LogP contribution in [0.4, 0.5) is 0 Å². The van der Waals surface area contributed by atoms with Gasteiger partial charge in [0.1, 0.15) is 11.6 Å². The lowest BCUT2D eigenvalue weighted by molar-refractivity contribution is -0.129. The van der Waals surface area contributed by atoms with Gasteiger partial charge in [-0.3, -0.25) is 9.59 Å². The molecule has 0 radical (unpaired) electrons. The number of Topliss-reactive ketones (excluding diaryl/α,β-unsaturated/α-hetero) is 2. The van der Waals surface area contributed by atoms with Crippen molar-refractivity contribution >= 4 is 11.6 Å². The normalized spacial score (nSPS) is 13.2. The number of hydrogen-bond donors (Lipinski definition) is 0. The lowest BCUT2D eigenvalue weighted by Crippen LogP contribution is -2.17. The first kappa shape index (κ1) is 15.3. The molecule has 0 aliphatic heterocycles. The Morgan fingerprint density at radius 3 is 1.94 bits per heavy atom. The molecule has 0 amide bonds. The van der Waals surface area contributed by atoms with E-state index in [9.17, 15) is 9.59 Å². The Bertz CT molecular complexity index is 229. The zero-order valence-electron chi connectivity index (χ0n) is 11.4. The van der Waals surface area contributed by atoms with E-state index in [4.69, 9.17) is 0 Å². The van der Waals surface area contributed by atoms with Crippen LogP contribution < -0.4 is 0 Å². The van der Waals surface area contributed by atoms with Crippen LogP contribution >= 0.6 is 0 Å². The minimum Gasteiger partial charge on any atom is -0.299 e. The van der Waals surface area contributed by atoms with Gasteiger partial charge in [0.15, 0.2) is 0 Å². The Morgan fingerprint density at radius 1 is 0.938 bits per heavy atom. The summed E-state index contributed by atoms with van der Waals surface area (Å²) in [6, 6.07) is 0. The molecule has 0 aromatic carbocycles. The van der Waals surface area contributed by atoms with Crippen molar-refractivity contribution < 1.29 is 9.59 Å². The van der Waals surface area contributed by atoms with Gasteiger partial charge in [0.05, 0.1) is 6.42 Å². The molecule has 0 fully saturated rings. The van der Waals surface area contributed by atoms with Crippen molar-refractivity contribution in [3.8, 4) is 0 Å². The summed E-state index contributed by atoms with van der Waals surface area (Å²) >= 11 is 0. The van der Waals surface area contributed by atoms with Crippen molar-refractivity contribution in [3.63, 3.8) is 0 Å². The van der Waals surface area contributed by atoms with E-state index >= 15 is 0 Å². The second kappa shape index (κ2) is 7.59. The van der Waals surface area contributed by atoms with Crippen LogP contribution in [0, 0.1) is 17.8 Å². The van der Waals surface area contributed by atoms with Gasteiger partial charge in [0, 0.05) is 12.3 Å². The van der Waals surface area contributed by atoms with Gasteiger partial charge in [-0.05, 0) is 24.7 Å². The molecule has 2 heteroatoms. The van der Waals surface area contributed by atoms with Crippen molar-refractivity contribution in [1.29, 1.82) is 0 Å². The maximum absolute atomic E-state index is 11.7. The summed E-state index contributed by atoms with van der Waals surface area (Å²) in [5.41, 5.74) is 0. The van der Waals surface area contributed by atoms with Crippen LogP contribution in [0.2, 0.25) is 0 Å².